The highest BCUT2D eigenvalue weighted by atomic mass is 16.4. The summed E-state index contributed by atoms with van der Waals surface area (Å²) in [5.41, 5.74) is 0. The molecule has 2 N–H and O–H groups in total. The first-order valence-electron chi connectivity index (χ1n) is 15.9. The van der Waals surface area contributed by atoms with Crippen molar-refractivity contribution in [2.24, 2.45) is 0 Å². The van der Waals surface area contributed by atoms with E-state index in [4.69, 9.17) is 0 Å². The molecule has 0 spiro atoms. The van der Waals surface area contributed by atoms with E-state index < -0.39 is 40.5 Å². The van der Waals surface area contributed by atoms with Crippen LogP contribution in [-0.2, 0) is 14.4 Å². The molecule has 0 rings (SSSR count). The molecule has 7 nitrogen and oxygen atoms in total. The maximum atomic E-state index is 12.2. The van der Waals surface area contributed by atoms with Crippen LogP contribution in [0.4, 0.5) is 0 Å². The molecule has 0 aromatic carbocycles. The highest BCUT2D eigenvalue weighted by Gasteiger charge is 2.53. The number of allylic oxidation sites excluding steroid dienone is 2. The van der Waals surface area contributed by atoms with E-state index in [1.54, 1.807) is 20.8 Å². The molecule has 0 radical (unpaired) electrons. The molecule has 0 aromatic rings. The van der Waals surface area contributed by atoms with Gasteiger partial charge in [0.15, 0.2) is 12.1 Å². The molecule has 228 valence electrons. The number of rotatable bonds is 27. The minimum absolute atomic E-state index is 0.125. The molecule has 3 atom stereocenters. The van der Waals surface area contributed by atoms with Gasteiger partial charge in [-0.15, -0.1) is 0 Å². The first-order valence-corrected chi connectivity index (χ1v) is 15.9. The number of carboxylic acids is 3. The van der Waals surface area contributed by atoms with Crippen molar-refractivity contribution in [3.8, 4) is 0 Å². The molecule has 3 unspecified atom stereocenters. The Balaban J connectivity index is 4.64. The molecule has 0 aliphatic rings. The summed E-state index contributed by atoms with van der Waals surface area (Å²) in [4.78, 5) is 36.6. The summed E-state index contributed by atoms with van der Waals surface area (Å²) >= 11 is 0. The van der Waals surface area contributed by atoms with E-state index in [1.165, 1.54) is 64.2 Å². The van der Waals surface area contributed by atoms with Crippen LogP contribution in [0, 0.1) is 0 Å². The molecule has 0 fully saturated rings. The lowest BCUT2D eigenvalue weighted by molar-refractivity contribution is -0.974. The van der Waals surface area contributed by atoms with Crippen molar-refractivity contribution in [2.45, 2.75) is 168 Å². The summed E-state index contributed by atoms with van der Waals surface area (Å²) in [6, 6.07) is -3.40. The van der Waals surface area contributed by atoms with Gasteiger partial charge in [-0.3, -0.25) is 4.48 Å². The Bertz CT molecular complexity index is 637. The molecule has 0 aliphatic heterocycles. The van der Waals surface area contributed by atoms with Crippen LogP contribution >= 0.6 is 0 Å². The first kappa shape index (κ1) is 37.1. The monoisotopic (exact) mass is 553 g/mol. The fourth-order valence-corrected chi connectivity index (χ4v) is 6.25. The lowest BCUT2D eigenvalue weighted by Gasteiger charge is -2.51. The molecule has 0 aromatic heterocycles. The average Bonchev–Trinajstić information content (AvgIpc) is 2.88. The van der Waals surface area contributed by atoms with Crippen LogP contribution in [0.3, 0.4) is 0 Å². The number of aliphatic carboxylic acids is 3. The molecular weight excluding hydrogens is 494 g/mol. The van der Waals surface area contributed by atoms with E-state index in [9.17, 15) is 29.7 Å². The summed E-state index contributed by atoms with van der Waals surface area (Å²) in [5.74, 6) is -3.67. The Morgan fingerprint density at radius 1 is 0.590 bits per heavy atom. The van der Waals surface area contributed by atoms with Crippen LogP contribution < -0.4 is 5.11 Å². The van der Waals surface area contributed by atoms with Gasteiger partial charge in [-0.1, -0.05) is 104 Å². The van der Waals surface area contributed by atoms with Gasteiger partial charge < -0.3 is 20.1 Å². The second-order valence-corrected chi connectivity index (χ2v) is 11.1. The van der Waals surface area contributed by atoms with Crippen LogP contribution in [0.2, 0.25) is 0 Å². The summed E-state index contributed by atoms with van der Waals surface area (Å²) in [5, 5.41) is 32.1. The van der Waals surface area contributed by atoms with Crippen molar-refractivity contribution in [1.82, 2.24) is 0 Å². The van der Waals surface area contributed by atoms with Crippen LogP contribution in [0.25, 0.3) is 0 Å². The minimum Gasteiger partial charge on any atom is -0.544 e. The Morgan fingerprint density at radius 3 is 1.28 bits per heavy atom. The standard InChI is InChI=1S/C32H59NO6/c1-5-9-10-11-12-13-14-15-16-17-18-19-20-21-22-23-24-25-26-33(27(6-2)30(34)35,28(7-3)31(36)37)29(8-4)32(38)39/h19-20,27-29H,5-18,21-26H2,1-4H3,(H2-,34,35,36,37,38,39)/b20-19+. The number of nitrogens with zero attached hydrogens (tertiary/aromatic N) is 1. The third-order valence-corrected chi connectivity index (χ3v) is 8.30. The van der Waals surface area contributed by atoms with E-state index in [2.05, 4.69) is 19.1 Å². The third-order valence-electron chi connectivity index (χ3n) is 8.30. The SMILES string of the molecule is CCCCCCCCCCCC/C=C/CCCCCC[N+](C(CC)C(=O)[O-])(C(CC)C(=O)O)C(CC)C(=O)O. The molecule has 0 amide bonds. The second kappa shape index (κ2) is 22.9. The van der Waals surface area contributed by atoms with Crippen LogP contribution in [-0.4, -0.2) is 57.3 Å². The van der Waals surface area contributed by atoms with Crippen molar-refractivity contribution in [3.63, 3.8) is 0 Å². The van der Waals surface area contributed by atoms with Crippen LogP contribution in [0.15, 0.2) is 12.2 Å². The van der Waals surface area contributed by atoms with Gasteiger partial charge >= 0.3 is 11.9 Å². The maximum Gasteiger partial charge on any atom is 0.362 e. The first-order chi connectivity index (χ1) is 18.7. The smallest absolute Gasteiger partial charge is 0.362 e. The van der Waals surface area contributed by atoms with Crippen molar-refractivity contribution in [2.75, 3.05) is 6.54 Å². The van der Waals surface area contributed by atoms with Gasteiger partial charge in [0, 0.05) is 19.3 Å². The number of quaternary nitrogens is 1. The van der Waals surface area contributed by atoms with Crippen molar-refractivity contribution in [1.29, 1.82) is 0 Å². The zero-order valence-electron chi connectivity index (χ0n) is 25.5. The topological polar surface area (TPSA) is 115 Å². The van der Waals surface area contributed by atoms with Gasteiger partial charge in [0.05, 0.1) is 12.5 Å². The maximum absolute atomic E-state index is 12.2. The minimum atomic E-state index is -1.37. The van der Waals surface area contributed by atoms with Gasteiger partial charge in [0.2, 0.25) is 0 Å². The molecule has 0 saturated carbocycles. The highest BCUT2D eigenvalue weighted by Crippen LogP contribution is 2.32. The largest absolute Gasteiger partial charge is 0.544 e. The number of hydrogen-bond acceptors (Lipinski definition) is 4. The summed E-state index contributed by atoms with van der Waals surface area (Å²) in [7, 11) is 0. The van der Waals surface area contributed by atoms with Gasteiger partial charge in [0.25, 0.3) is 0 Å². The Hall–Kier alpha value is -1.89. The Labute approximate surface area is 238 Å². The van der Waals surface area contributed by atoms with E-state index in [-0.39, 0.29) is 25.8 Å². The number of carbonyl (C=O) groups is 3. The van der Waals surface area contributed by atoms with Crippen LogP contribution in [0.5, 0.6) is 0 Å². The van der Waals surface area contributed by atoms with E-state index in [0.29, 0.717) is 6.42 Å². The zero-order chi connectivity index (χ0) is 29.5. The normalized spacial score (nSPS) is 15.6. The highest BCUT2D eigenvalue weighted by molar-refractivity contribution is 5.77. The molecule has 0 saturated heterocycles. The molecule has 0 aliphatic carbocycles. The quantitative estimate of drug-likeness (QED) is 0.0651. The number of carbonyl (C=O) groups excluding carboxylic acids is 1. The van der Waals surface area contributed by atoms with Crippen molar-refractivity contribution in [3.05, 3.63) is 12.2 Å². The summed E-state index contributed by atoms with van der Waals surface area (Å²) in [6.07, 6.45) is 23.9. The summed E-state index contributed by atoms with van der Waals surface area (Å²) in [6.45, 7) is 7.49. The van der Waals surface area contributed by atoms with Crippen LogP contribution in [0.1, 0.15) is 150 Å². The molecular formula is C32H59NO6. The van der Waals surface area contributed by atoms with E-state index in [1.807, 2.05) is 0 Å². The van der Waals surface area contributed by atoms with Gasteiger partial charge in [0.1, 0.15) is 6.04 Å². The van der Waals surface area contributed by atoms with Crippen molar-refractivity contribution < 1.29 is 34.2 Å². The fourth-order valence-electron chi connectivity index (χ4n) is 6.25. The average molecular weight is 554 g/mol. The lowest BCUT2D eigenvalue weighted by atomic mass is 9.94. The van der Waals surface area contributed by atoms with Gasteiger partial charge in [-0.05, 0) is 38.5 Å². The third kappa shape index (κ3) is 13.8. The Kier molecular flexibility index (Phi) is 21.8. The number of hydrogen-bond donors (Lipinski definition) is 2. The van der Waals surface area contributed by atoms with E-state index in [0.717, 1.165) is 32.1 Å². The lowest BCUT2D eigenvalue weighted by Crippen LogP contribution is -2.73. The molecule has 7 heteroatoms. The number of unbranched alkanes of at least 4 members (excludes halogenated alkanes) is 14. The zero-order valence-corrected chi connectivity index (χ0v) is 25.5. The fraction of sp³-hybridized carbons (Fsp3) is 0.844. The number of carboxylic acid groups (broad SMARTS) is 3. The van der Waals surface area contributed by atoms with Gasteiger partial charge in [-0.25, -0.2) is 9.59 Å². The predicted molar refractivity (Wildman–Crippen MR) is 156 cm³/mol. The van der Waals surface area contributed by atoms with Gasteiger partial charge in [-0.2, -0.15) is 0 Å². The molecule has 39 heavy (non-hydrogen) atoms. The predicted octanol–water partition coefficient (Wildman–Crippen LogP) is 6.88. The van der Waals surface area contributed by atoms with E-state index >= 15 is 0 Å². The second-order valence-electron chi connectivity index (χ2n) is 11.1. The molecule has 0 bridgehead atoms. The summed E-state index contributed by atoms with van der Waals surface area (Å²) < 4.78 is -0.477. The Morgan fingerprint density at radius 2 is 0.949 bits per heavy atom. The molecule has 0 heterocycles. The van der Waals surface area contributed by atoms with Crippen molar-refractivity contribution >= 4 is 17.9 Å².